The molecular weight excluding hydrogens is 266 g/mol. The molecule has 1 heterocycles. The fourth-order valence-corrected chi connectivity index (χ4v) is 2.25. The molecule has 112 valence electrons. The molecule has 1 aromatic carbocycles. The summed E-state index contributed by atoms with van der Waals surface area (Å²) in [7, 11) is 1.67. The van der Waals surface area contributed by atoms with Crippen molar-refractivity contribution in [3.8, 4) is 5.75 Å². The van der Waals surface area contributed by atoms with Crippen LogP contribution in [-0.4, -0.2) is 29.9 Å². The maximum Gasteiger partial charge on any atom is 0.119 e. The second kappa shape index (κ2) is 6.63. The number of hydrogen-bond acceptors (Lipinski definition) is 4. The number of nitrogens with zero attached hydrogens (tertiary/aromatic N) is 2. The van der Waals surface area contributed by atoms with Gasteiger partial charge in [0.25, 0.3) is 0 Å². The normalized spacial score (nSPS) is 14.1. The van der Waals surface area contributed by atoms with E-state index >= 15 is 0 Å². The molecule has 0 radical (unpaired) electrons. The van der Waals surface area contributed by atoms with E-state index in [9.17, 15) is 0 Å². The first-order valence-corrected chi connectivity index (χ1v) is 7.33. The van der Waals surface area contributed by atoms with Crippen molar-refractivity contribution in [1.29, 1.82) is 0 Å². The predicted molar refractivity (Wildman–Crippen MR) is 81.6 cm³/mol. The third-order valence-electron chi connectivity index (χ3n) is 3.57. The minimum Gasteiger partial charge on any atom is -0.491 e. The van der Waals surface area contributed by atoms with Gasteiger partial charge in [0, 0.05) is 25.0 Å². The van der Waals surface area contributed by atoms with Crippen molar-refractivity contribution >= 4 is 5.69 Å². The number of benzene rings is 1. The van der Waals surface area contributed by atoms with Gasteiger partial charge < -0.3 is 19.4 Å². The zero-order valence-corrected chi connectivity index (χ0v) is 12.3. The first kappa shape index (κ1) is 13.9. The molecule has 1 aliphatic carbocycles. The second-order valence-electron chi connectivity index (χ2n) is 5.24. The Balaban J connectivity index is 1.51. The lowest BCUT2D eigenvalue weighted by Gasteiger charge is -2.10. The molecule has 0 saturated heterocycles. The van der Waals surface area contributed by atoms with Crippen molar-refractivity contribution in [3.05, 3.63) is 42.5 Å². The van der Waals surface area contributed by atoms with Crippen LogP contribution < -0.4 is 10.1 Å². The van der Waals surface area contributed by atoms with E-state index in [1.165, 1.54) is 18.5 Å². The number of anilines is 1. The Morgan fingerprint density at radius 1 is 1.24 bits per heavy atom. The van der Waals surface area contributed by atoms with Crippen LogP contribution in [0.3, 0.4) is 0 Å². The molecule has 0 bridgehead atoms. The standard InChI is InChI=1S/C16H21N3O2/c1-20-8-9-21-16-6-2-13(3-7-16)18-11-15-10-17-12-19(15)14-4-5-14/h2-3,6-7,10,12,14,18H,4-5,8-9,11H2,1H3. The lowest BCUT2D eigenvalue weighted by atomic mass is 10.3. The van der Waals surface area contributed by atoms with Gasteiger partial charge in [-0.2, -0.15) is 0 Å². The van der Waals surface area contributed by atoms with Crippen LogP contribution in [0.1, 0.15) is 24.6 Å². The second-order valence-corrected chi connectivity index (χ2v) is 5.24. The Hall–Kier alpha value is -2.01. The smallest absolute Gasteiger partial charge is 0.119 e. The highest BCUT2D eigenvalue weighted by Gasteiger charge is 2.24. The average molecular weight is 287 g/mol. The molecule has 5 nitrogen and oxygen atoms in total. The minimum atomic E-state index is 0.573. The quantitative estimate of drug-likeness (QED) is 0.758. The Labute approximate surface area is 124 Å². The van der Waals surface area contributed by atoms with Gasteiger partial charge in [-0.3, -0.25) is 0 Å². The van der Waals surface area contributed by atoms with Crippen molar-refractivity contribution in [2.75, 3.05) is 25.6 Å². The Kier molecular flexibility index (Phi) is 4.40. The van der Waals surface area contributed by atoms with E-state index in [-0.39, 0.29) is 0 Å². The first-order chi connectivity index (χ1) is 10.4. The van der Waals surface area contributed by atoms with Crippen LogP contribution in [0.15, 0.2) is 36.8 Å². The maximum atomic E-state index is 5.54. The highest BCUT2D eigenvalue weighted by atomic mass is 16.5. The number of methoxy groups -OCH3 is 1. The third kappa shape index (κ3) is 3.76. The summed E-state index contributed by atoms with van der Waals surface area (Å²) in [6.07, 6.45) is 6.42. The molecule has 1 aromatic heterocycles. The van der Waals surface area contributed by atoms with Gasteiger partial charge in [-0.15, -0.1) is 0 Å². The summed E-state index contributed by atoms with van der Waals surface area (Å²) >= 11 is 0. The van der Waals surface area contributed by atoms with Gasteiger partial charge in [-0.25, -0.2) is 4.98 Å². The van der Waals surface area contributed by atoms with E-state index in [1.807, 2.05) is 36.8 Å². The van der Waals surface area contributed by atoms with E-state index in [0.29, 0.717) is 19.3 Å². The zero-order valence-electron chi connectivity index (χ0n) is 12.3. The lowest BCUT2D eigenvalue weighted by Crippen LogP contribution is -2.06. The lowest BCUT2D eigenvalue weighted by molar-refractivity contribution is 0.146. The van der Waals surface area contributed by atoms with Crippen molar-refractivity contribution in [3.63, 3.8) is 0 Å². The van der Waals surface area contributed by atoms with Crippen molar-refractivity contribution in [2.45, 2.75) is 25.4 Å². The zero-order chi connectivity index (χ0) is 14.5. The summed E-state index contributed by atoms with van der Waals surface area (Å²) in [4.78, 5) is 4.24. The molecule has 0 amide bonds. The van der Waals surface area contributed by atoms with Gasteiger partial charge >= 0.3 is 0 Å². The molecule has 1 fully saturated rings. The van der Waals surface area contributed by atoms with Crippen molar-refractivity contribution in [1.82, 2.24) is 9.55 Å². The summed E-state index contributed by atoms with van der Waals surface area (Å²) in [5, 5.41) is 3.42. The van der Waals surface area contributed by atoms with Crippen LogP contribution >= 0.6 is 0 Å². The van der Waals surface area contributed by atoms with Crippen LogP contribution in [0.4, 0.5) is 5.69 Å². The molecule has 1 aliphatic rings. The molecule has 2 aromatic rings. The molecule has 0 unspecified atom stereocenters. The SMILES string of the molecule is COCCOc1ccc(NCc2cncn2C2CC2)cc1. The molecular formula is C16H21N3O2. The molecule has 21 heavy (non-hydrogen) atoms. The van der Waals surface area contributed by atoms with Gasteiger partial charge in [0.1, 0.15) is 12.4 Å². The monoisotopic (exact) mass is 287 g/mol. The van der Waals surface area contributed by atoms with Gasteiger partial charge in [-0.1, -0.05) is 0 Å². The summed E-state index contributed by atoms with van der Waals surface area (Å²) in [5.41, 5.74) is 2.32. The Morgan fingerprint density at radius 3 is 2.76 bits per heavy atom. The number of hydrogen-bond donors (Lipinski definition) is 1. The number of aromatic nitrogens is 2. The van der Waals surface area contributed by atoms with Crippen LogP contribution in [0.25, 0.3) is 0 Å². The van der Waals surface area contributed by atoms with Crippen LogP contribution in [0, 0.1) is 0 Å². The summed E-state index contributed by atoms with van der Waals surface area (Å²) in [5.74, 6) is 0.862. The van der Waals surface area contributed by atoms with Crippen LogP contribution in [-0.2, 0) is 11.3 Å². The van der Waals surface area contributed by atoms with Gasteiger partial charge in [0.05, 0.1) is 25.2 Å². The fourth-order valence-electron chi connectivity index (χ4n) is 2.25. The van der Waals surface area contributed by atoms with E-state index in [0.717, 1.165) is 18.0 Å². The number of imidazole rings is 1. The first-order valence-electron chi connectivity index (χ1n) is 7.33. The molecule has 1 N–H and O–H groups in total. The molecule has 0 aliphatic heterocycles. The fraction of sp³-hybridized carbons (Fsp3) is 0.438. The predicted octanol–water partition coefficient (Wildman–Crippen LogP) is 2.86. The number of ether oxygens (including phenoxy) is 2. The van der Waals surface area contributed by atoms with Gasteiger partial charge in [0.15, 0.2) is 0 Å². The van der Waals surface area contributed by atoms with Gasteiger partial charge in [-0.05, 0) is 37.1 Å². The highest BCUT2D eigenvalue weighted by molar-refractivity contribution is 5.46. The molecule has 3 rings (SSSR count). The van der Waals surface area contributed by atoms with Crippen molar-refractivity contribution in [2.24, 2.45) is 0 Å². The van der Waals surface area contributed by atoms with E-state index < -0.39 is 0 Å². The molecule has 0 spiro atoms. The molecule has 5 heteroatoms. The highest BCUT2D eigenvalue weighted by Crippen LogP contribution is 2.35. The average Bonchev–Trinajstić information content (AvgIpc) is 3.25. The largest absolute Gasteiger partial charge is 0.491 e. The summed E-state index contributed by atoms with van der Waals surface area (Å²) in [6.45, 7) is 1.97. The van der Waals surface area contributed by atoms with Crippen molar-refractivity contribution < 1.29 is 9.47 Å². The minimum absolute atomic E-state index is 0.573. The third-order valence-corrected chi connectivity index (χ3v) is 3.57. The van der Waals surface area contributed by atoms with Crippen LogP contribution in [0.5, 0.6) is 5.75 Å². The number of nitrogens with one attached hydrogen (secondary N) is 1. The van der Waals surface area contributed by atoms with Crippen LogP contribution in [0.2, 0.25) is 0 Å². The Morgan fingerprint density at radius 2 is 2.05 bits per heavy atom. The number of rotatable bonds is 8. The van der Waals surface area contributed by atoms with E-state index in [2.05, 4.69) is 14.9 Å². The topological polar surface area (TPSA) is 48.3 Å². The Bertz CT molecular complexity index is 561. The molecule has 0 atom stereocenters. The van der Waals surface area contributed by atoms with E-state index in [4.69, 9.17) is 9.47 Å². The summed E-state index contributed by atoms with van der Waals surface area (Å²) in [6, 6.07) is 8.66. The molecule has 1 saturated carbocycles. The summed E-state index contributed by atoms with van der Waals surface area (Å²) < 4.78 is 12.8. The van der Waals surface area contributed by atoms with E-state index in [1.54, 1.807) is 7.11 Å². The van der Waals surface area contributed by atoms with Gasteiger partial charge in [0.2, 0.25) is 0 Å². The maximum absolute atomic E-state index is 5.54.